The molecule has 1 aromatic rings. The van der Waals surface area contributed by atoms with E-state index in [2.05, 4.69) is 30.0 Å². The molecule has 0 amide bonds. The van der Waals surface area contributed by atoms with Crippen molar-refractivity contribution >= 4 is 0 Å². The van der Waals surface area contributed by atoms with Gasteiger partial charge in [0.15, 0.2) is 0 Å². The number of rotatable bonds is 6. The number of nitrogens with two attached hydrogens (primary N) is 1. The second-order valence-electron chi connectivity index (χ2n) is 4.12. The van der Waals surface area contributed by atoms with E-state index in [0.717, 1.165) is 19.6 Å². The number of hydrogen-bond donors (Lipinski definition) is 1. The lowest BCUT2D eigenvalue weighted by atomic mass is 10.1. The van der Waals surface area contributed by atoms with Gasteiger partial charge in [-0.05, 0) is 31.9 Å². The van der Waals surface area contributed by atoms with Gasteiger partial charge in [0.1, 0.15) is 0 Å². The smallest absolute Gasteiger partial charge is 0.0648 e. The second-order valence-corrected chi connectivity index (χ2v) is 4.12. The first-order valence-corrected chi connectivity index (χ1v) is 5.66. The van der Waals surface area contributed by atoms with Gasteiger partial charge in [-0.25, -0.2) is 0 Å². The standard InChI is InChI=1S/C12H22N2O/c1-4-12(13)11-5-6-14(9-11)7-8-15-10(2)3/h5-6,9-10,12H,4,7-8,13H2,1-3H3. The fraction of sp³-hybridized carbons (Fsp3) is 0.667. The average Bonchev–Trinajstić information content (AvgIpc) is 2.65. The summed E-state index contributed by atoms with van der Waals surface area (Å²) in [5.41, 5.74) is 7.15. The van der Waals surface area contributed by atoms with Crippen molar-refractivity contribution in [3.05, 3.63) is 24.0 Å². The van der Waals surface area contributed by atoms with Gasteiger partial charge in [0.2, 0.25) is 0 Å². The summed E-state index contributed by atoms with van der Waals surface area (Å²) in [6, 6.07) is 2.25. The van der Waals surface area contributed by atoms with E-state index in [4.69, 9.17) is 10.5 Å². The van der Waals surface area contributed by atoms with Crippen molar-refractivity contribution < 1.29 is 4.74 Å². The molecule has 0 aliphatic rings. The van der Waals surface area contributed by atoms with Crippen LogP contribution in [-0.4, -0.2) is 17.3 Å². The molecule has 0 saturated heterocycles. The zero-order valence-corrected chi connectivity index (χ0v) is 9.94. The highest BCUT2D eigenvalue weighted by Crippen LogP contribution is 2.13. The minimum atomic E-state index is 0.164. The zero-order valence-electron chi connectivity index (χ0n) is 9.94. The fourth-order valence-electron chi connectivity index (χ4n) is 1.45. The van der Waals surface area contributed by atoms with Crippen LogP contribution in [0.1, 0.15) is 38.8 Å². The molecule has 0 radical (unpaired) electrons. The van der Waals surface area contributed by atoms with E-state index in [0.29, 0.717) is 6.10 Å². The first-order valence-electron chi connectivity index (χ1n) is 5.66. The summed E-state index contributed by atoms with van der Waals surface area (Å²) >= 11 is 0. The molecule has 1 heterocycles. The van der Waals surface area contributed by atoms with Gasteiger partial charge in [-0.3, -0.25) is 0 Å². The third-order valence-corrected chi connectivity index (χ3v) is 2.44. The Balaban J connectivity index is 2.39. The lowest BCUT2D eigenvalue weighted by Gasteiger charge is -2.08. The number of hydrogen-bond acceptors (Lipinski definition) is 2. The van der Waals surface area contributed by atoms with Gasteiger partial charge < -0.3 is 15.0 Å². The zero-order chi connectivity index (χ0) is 11.3. The van der Waals surface area contributed by atoms with Gasteiger partial charge >= 0.3 is 0 Å². The van der Waals surface area contributed by atoms with Crippen LogP contribution in [0.4, 0.5) is 0 Å². The molecular formula is C12H22N2O. The van der Waals surface area contributed by atoms with Crippen LogP contribution in [0.3, 0.4) is 0 Å². The van der Waals surface area contributed by atoms with E-state index in [9.17, 15) is 0 Å². The van der Waals surface area contributed by atoms with Crippen LogP contribution in [-0.2, 0) is 11.3 Å². The number of nitrogens with zero attached hydrogens (tertiary/aromatic N) is 1. The Hall–Kier alpha value is -0.800. The van der Waals surface area contributed by atoms with Crippen LogP contribution in [0.15, 0.2) is 18.5 Å². The van der Waals surface area contributed by atoms with Crippen molar-refractivity contribution in [1.82, 2.24) is 4.57 Å². The number of ether oxygens (including phenoxy) is 1. The maximum absolute atomic E-state index is 5.94. The van der Waals surface area contributed by atoms with E-state index in [-0.39, 0.29) is 6.04 Å². The molecule has 0 bridgehead atoms. The van der Waals surface area contributed by atoms with Crippen molar-refractivity contribution in [3.8, 4) is 0 Å². The molecule has 0 saturated carbocycles. The van der Waals surface area contributed by atoms with Crippen molar-refractivity contribution in [1.29, 1.82) is 0 Å². The van der Waals surface area contributed by atoms with Crippen LogP contribution in [0.2, 0.25) is 0 Å². The fourth-order valence-corrected chi connectivity index (χ4v) is 1.45. The largest absolute Gasteiger partial charge is 0.377 e. The Labute approximate surface area is 92.2 Å². The van der Waals surface area contributed by atoms with Crippen LogP contribution in [0, 0.1) is 0 Å². The van der Waals surface area contributed by atoms with Gasteiger partial charge in [-0.15, -0.1) is 0 Å². The molecule has 1 unspecified atom stereocenters. The summed E-state index contributed by atoms with van der Waals surface area (Å²) in [7, 11) is 0. The summed E-state index contributed by atoms with van der Waals surface area (Å²) in [4.78, 5) is 0. The Bertz CT molecular complexity index is 281. The van der Waals surface area contributed by atoms with E-state index in [1.165, 1.54) is 5.56 Å². The molecular weight excluding hydrogens is 188 g/mol. The van der Waals surface area contributed by atoms with Gasteiger partial charge in [0, 0.05) is 25.0 Å². The Morgan fingerprint density at radius 1 is 1.47 bits per heavy atom. The van der Waals surface area contributed by atoms with Crippen LogP contribution < -0.4 is 5.73 Å². The van der Waals surface area contributed by atoms with Crippen molar-refractivity contribution in [2.45, 2.75) is 45.9 Å². The van der Waals surface area contributed by atoms with E-state index in [1.54, 1.807) is 0 Å². The topological polar surface area (TPSA) is 40.2 Å². The summed E-state index contributed by atoms with van der Waals surface area (Å²) in [5.74, 6) is 0. The quantitative estimate of drug-likeness (QED) is 0.782. The molecule has 0 aromatic carbocycles. The highest BCUT2D eigenvalue weighted by Gasteiger charge is 2.04. The first kappa shape index (κ1) is 12.3. The average molecular weight is 210 g/mol. The third-order valence-electron chi connectivity index (χ3n) is 2.44. The Morgan fingerprint density at radius 2 is 2.20 bits per heavy atom. The molecule has 0 aliphatic carbocycles. The molecule has 1 aromatic heterocycles. The van der Waals surface area contributed by atoms with Crippen molar-refractivity contribution in [3.63, 3.8) is 0 Å². The third kappa shape index (κ3) is 4.06. The molecule has 3 nitrogen and oxygen atoms in total. The monoisotopic (exact) mass is 210 g/mol. The summed E-state index contributed by atoms with van der Waals surface area (Å²) in [6.07, 6.45) is 5.46. The molecule has 1 atom stereocenters. The predicted molar refractivity (Wildman–Crippen MR) is 62.7 cm³/mol. The van der Waals surface area contributed by atoms with Crippen LogP contribution in [0.25, 0.3) is 0 Å². The maximum Gasteiger partial charge on any atom is 0.0648 e. The van der Waals surface area contributed by atoms with Gasteiger partial charge in [-0.1, -0.05) is 6.92 Å². The van der Waals surface area contributed by atoms with Gasteiger partial charge in [0.25, 0.3) is 0 Å². The molecule has 0 fully saturated rings. The first-order chi connectivity index (χ1) is 7.13. The highest BCUT2D eigenvalue weighted by molar-refractivity contribution is 5.14. The Morgan fingerprint density at radius 3 is 2.80 bits per heavy atom. The second kappa shape index (κ2) is 5.93. The van der Waals surface area contributed by atoms with E-state index < -0.39 is 0 Å². The highest BCUT2D eigenvalue weighted by atomic mass is 16.5. The molecule has 15 heavy (non-hydrogen) atoms. The van der Waals surface area contributed by atoms with Crippen molar-refractivity contribution in [2.75, 3.05) is 6.61 Å². The number of aromatic nitrogens is 1. The molecule has 3 heteroatoms. The lowest BCUT2D eigenvalue weighted by Crippen LogP contribution is -2.10. The van der Waals surface area contributed by atoms with E-state index >= 15 is 0 Å². The summed E-state index contributed by atoms with van der Waals surface area (Å²) in [6.45, 7) is 7.85. The van der Waals surface area contributed by atoms with E-state index in [1.807, 2.05) is 13.8 Å². The van der Waals surface area contributed by atoms with Gasteiger partial charge in [-0.2, -0.15) is 0 Å². The molecule has 0 aliphatic heterocycles. The van der Waals surface area contributed by atoms with Gasteiger partial charge in [0.05, 0.1) is 12.7 Å². The minimum Gasteiger partial charge on any atom is -0.377 e. The SMILES string of the molecule is CCC(N)c1ccn(CCOC(C)C)c1. The maximum atomic E-state index is 5.94. The predicted octanol–water partition coefficient (Wildman–Crippen LogP) is 2.32. The molecule has 0 spiro atoms. The van der Waals surface area contributed by atoms with Crippen LogP contribution >= 0.6 is 0 Å². The molecule has 2 N–H and O–H groups in total. The molecule has 1 rings (SSSR count). The lowest BCUT2D eigenvalue weighted by molar-refractivity contribution is 0.0728. The summed E-state index contributed by atoms with van der Waals surface area (Å²) < 4.78 is 7.62. The Kier molecular flexibility index (Phi) is 4.85. The molecule has 86 valence electrons. The summed E-state index contributed by atoms with van der Waals surface area (Å²) in [5, 5.41) is 0. The normalized spacial score (nSPS) is 13.4. The minimum absolute atomic E-state index is 0.164. The van der Waals surface area contributed by atoms with Crippen molar-refractivity contribution in [2.24, 2.45) is 5.73 Å². The van der Waals surface area contributed by atoms with Crippen LogP contribution in [0.5, 0.6) is 0 Å².